The average molecular weight is 407 g/mol. The summed E-state index contributed by atoms with van der Waals surface area (Å²) >= 11 is 2.88. The average Bonchev–Trinajstić information content (AvgIpc) is 3.08. The van der Waals surface area contributed by atoms with Crippen molar-refractivity contribution in [3.05, 3.63) is 57.3 Å². The summed E-state index contributed by atoms with van der Waals surface area (Å²) in [6.45, 7) is 2.89. The van der Waals surface area contributed by atoms with E-state index in [0.29, 0.717) is 23.9 Å². The second-order valence-electron chi connectivity index (χ2n) is 6.34. The van der Waals surface area contributed by atoms with Crippen molar-refractivity contribution in [3.63, 3.8) is 0 Å². The lowest BCUT2D eigenvalue weighted by atomic mass is 10.1. The number of methoxy groups -OCH3 is 1. The summed E-state index contributed by atoms with van der Waals surface area (Å²) in [5.74, 6) is 0.345. The van der Waals surface area contributed by atoms with E-state index < -0.39 is 0 Å². The third kappa shape index (κ3) is 4.06. The molecule has 4 rings (SSSR count). The molecule has 1 aromatic carbocycles. The third-order valence-electron chi connectivity index (χ3n) is 4.48. The predicted molar refractivity (Wildman–Crippen MR) is 104 cm³/mol. The standard InChI is InChI=1S/C18H19FN4O2S2/c1-25-8-7-22-6-5-15-14(10-22)16(24)23-17(20-15)27-18(21-23)26-11-12-3-2-4-13(19)9-12/h2-4,9H,5-8,10-11H2,1H3. The normalized spacial score (nSPS) is 14.6. The van der Waals surface area contributed by atoms with E-state index in [1.165, 1.54) is 39.7 Å². The number of nitrogens with zero attached hydrogens (tertiary/aromatic N) is 4. The van der Waals surface area contributed by atoms with E-state index >= 15 is 0 Å². The summed E-state index contributed by atoms with van der Waals surface area (Å²) in [6, 6.07) is 6.51. The van der Waals surface area contributed by atoms with Crippen LogP contribution in [0.25, 0.3) is 4.96 Å². The highest BCUT2D eigenvalue weighted by Gasteiger charge is 2.23. The fraction of sp³-hybridized carbons (Fsp3) is 0.389. The molecule has 3 aromatic rings. The zero-order valence-corrected chi connectivity index (χ0v) is 16.5. The predicted octanol–water partition coefficient (Wildman–Crippen LogP) is 2.59. The molecule has 0 fully saturated rings. The molecular weight excluding hydrogens is 387 g/mol. The van der Waals surface area contributed by atoms with Gasteiger partial charge in [-0.3, -0.25) is 9.69 Å². The summed E-state index contributed by atoms with van der Waals surface area (Å²) in [5, 5.41) is 4.43. The van der Waals surface area contributed by atoms with Crippen LogP contribution in [0.4, 0.5) is 4.39 Å². The molecule has 0 saturated heterocycles. The molecule has 2 aromatic heterocycles. The number of fused-ring (bicyclic) bond motifs is 2. The molecule has 3 heterocycles. The fourth-order valence-corrected chi connectivity index (χ4v) is 4.97. The van der Waals surface area contributed by atoms with Crippen molar-refractivity contribution in [3.8, 4) is 0 Å². The van der Waals surface area contributed by atoms with Gasteiger partial charge in [-0.15, -0.1) is 5.10 Å². The Hall–Kier alpha value is -1.81. The Bertz CT molecular complexity index is 1020. The van der Waals surface area contributed by atoms with E-state index in [-0.39, 0.29) is 11.4 Å². The Morgan fingerprint density at radius 2 is 2.30 bits per heavy atom. The van der Waals surface area contributed by atoms with Crippen LogP contribution >= 0.6 is 23.1 Å². The molecule has 142 valence electrons. The quantitative estimate of drug-likeness (QED) is 0.587. The summed E-state index contributed by atoms with van der Waals surface area (Å²) < 4.78 is 20.6. The molecule has 0 aliphatic carbocycles. The van der Waals surface area contributed by atoms with Gasteiger partial charge in [0.1, 0.15) is 5.82 Å². The van der Waals surface area contributed by atoms with Gasteiger partial charge in [-0.25, -0.2) is 9.37 Å². The van der Waals surface area contributed by atoms with Gasteiger partial charge in [-0.05, 0) is 17.7 Å². The second-order valence-corrected chi connectivity index (χ2v) is 8.52. The van der Waals surface area contributed by atoms with Crippen LogP contribution in [0, 0.1) is 5.82 Å². The number of thioether (sulfide) groups is 1. The van der Waals surface area contributed by atoms with Crippen molar-refractivity contribution in [2.45, 2.75) is 23.1 Å². The molecule has 6 nitrogen and oxygen atoms in total. The van der Waals surface area contributed by atoms with Gasteiger partial charge in [0.25, 0.3) is 5.56 Å². The summed E-state index contributed by atoms with van der Waals surface area (Å²) in [4.78, 5) is 20.4. The van der Waals surface area contributed by atoms with Crippen LogP contribution in [0.3, 0.4) is 0 Å². The topological polar surface area (TPSA) is 59.7 Å². The van der Waals surface area contributed by atoms with Crippen molar-refractivity contribution >= 4 is 28.1 Å². The van der Waals surface area contributed by atoms with Gasteiger partial charge in [0.2, 0.25) is 4.96 Å². The Labute approximate surface area is 164 Å². The first-order chi connectivity index (χ1) is 13.1. The highest BCUT2D eigenvalue weighted by atomic mass is 32.2. The minimum atomic E-state index is -0.249. The minimum absolute atomic E-state index is 0.0917. The summed E-state index contributed by atoms with van der Waals surface area (Å²) in [5.41, 5.74) is 2.39. The van der Waals surface area contributed by atoms with Crippen molar-refractivity contribution < 1.29 is 9.13 Å². The largest absolute Gasteiger partial charge is 0.383 e. The zero-order chi connectivity index (χ0) is 18.8. The highest BCUT2D eigenvalue weighted by molar-refractivity contribution is 8.00. The first-order valence-electron chi connectivity index (χ1n) is 8.64. The number of ether oxygens (including phenoxy) is 1. The molecule has 0 amide bonds. The van der Waals surface area contributed by atoms with Crippen LogP contribution in [0.2, 0.25) is 0 Å². The molecule has 0 unspecified atom stereocenters. The van der Waals surface area contributed by atoms with Gasteiger partial charge in [0, 0.05) is 38.9 Å². The molecule has 0 spiro atoms. The van der Waals surface area contributed by atoms with E-state index in [1.54, 1.807) is 13.2 Å². The van der Waals surface area contributed by atoms with E-state index in [4.69, 9.17) is 4.74 Å². The molecule has 0 saturated carbocycles. The molecule has 1 aliphatic rings. The maximum Gasteiger partial charge on any atom is 0.279 e. The maximum atomic E-state index is 13.3. The Morgan fingerprint density at radius 3 is 3.11 bits per heavy atom. The van der Waals surface area contributed by atoms with Gasteiger partial charge in [-0.1, -0.05) is 35.2 Å². The van der Waals surface area contributed by atoms with Gasteiger partial charge in [-0.2, -0.15) is 4.52 Å². The first kappa shape index (κ1) is 18.5. The van der Waals surface area contributed by atoms with Crippen molar-refractivity contribution in [2.24, 2.45) is 0 Å². The van der Waals surface area contributed by atoms with Crippen molar-refractivity contribution in [2.75, 3.05) is 26.8 Å². The smallest absolute Gasteiger partial charge is 0.279 e. The lowest BCUT2D eigenvalue weighted by Gasteiger charge is -2.26. The molecular formula is C18H19FN4O2S2. The minimum Gasteiger partial charge on any atom is -0.383 e. The third-order valence-corrected chi connectivity index (χ3v) is 6.59. The zero-order valence-electron chi connectivity index (χ0n) is 14.9. The molecule has 1 aliphatic heterocycles. The molecule has 0 radical (unpaired) electrons. The number of rotatable bonds is 6. The SMILES string of the molecule is COCCN1CCc2nc3sc(SCc4cccc(F)c4)nn3c(=O)c2C1. The molecule has 9 heteroatoms. The fourth-order valence-electron chi connectivity index (χ4n) is 3.08. The monoisotopic (exact) mass is 406 g/mol. The summed E-state index contributed by atoms with van der Waals surface area (Å²) in [7, 11) is 1.68. The Morgan fingerprint density at radius 1 is 1.41 bits per heavy atom. The highest BCUT2D eigenvalue weighted by Crippen LogP contribution is 2.27. The number of benzene rings is 1. The van der Waals surface area contributed by atoms with E-state index in [2.05, 4.69) is 15.0 Å². The Kier molecular flexibility index (Phi) is 5.53. The summed E-state index contributed by atoms with van der Waals surface area (Å²) in [6.07, 6.45) is 0.758. The van der Waals surface area contributed by atoms with Gasteiger partial charge in [0.05, 0.1) is 17.9 Å². The lowest BCUT2D eigenvalue weighted by molar-refractivity contribution is 0.140. The number of aromatic nitrogens is 3. The molecule has 0 bridgehead atoms. The molecule has 0 atom stereocenters. The Balaban J connectivity index is 1.56. The molecule has 0 N–H and O–H groups in total. The number of hydrogen-bond donors (Lipinski definition) is 0. The van der Waals surface area contributed by atoms with Crippen LogP contribution in [-0.2, 0) is 23.5 Å². The number of hydrogen-bond acceptors (Lipinski definition) is 7. The van der Waals surface area contributed by atoms with Crippen LogP contribution in [0.15, 0.2) is 33.4 Å². The van der Waals surface area contributed by atoms with Crippen LogP contribution in [-0.4, -0.2) is 46.3 Å². The van der Waals surface area contributed by atoms with Crippen LogP contribution < -0.4 is 5.56 Å². The van der Waals surface area contributed by atoms with E-state index in [9.17, 15) is 9.18 Å². The van der Waals surface area contributed by atoms with Crippen molar-refractivity contribution in [1.29, 1.82) is 0 Å². The maximum absolute atomic E-state index is 13.3. The lowest BCUT2D eigenvalue weighted by Crippen LogP contribution is -2.38. The van der Waals surface area contributed by atoms with Crippen molar-refractivity contribution in [1.82, 2.24) is 19.5 Å². The van der Waals surface area contributed by atoms with Gasteiger partial charge < -0.3 is 4.74 Å². The first-order valence-corrected chi connectivity index (χ1v) is 10.4. The number of halogens is 1. The van der Waals surface area contributed by atoms with E-state index in [1.807, 2.05) is 6.07 Å². The van der Waals surface area contributed by atoms with Crippen LogP contribution in [0.1, 0.15) is 16.8 Å². The molecule has 27 heavy (non-hydrogen) atoms. The van der Waals surface area contributed by atoms with E-state index in [0.717, 1.165) is 40.7 Å². The van der Waals surface area contributed by atoms with Gasteiger partial charge >= 0.3 is 0 Å². The van der Waals surface area contributed by atoms with Crippen LogP contribution in [0.5, 0.6) is 0 Å². The van der Waals surface area contributed by atoms with Gasteiger partial charge in [0.15, 0.2) is 4.34 Å². The second kappa shape index (κ2) is 8.05.